The van der Waals surface area contributed by atoms with E-state index in [1.54, 1.807) is 23.5 Å². The summed E-state index contributed by atoms with van der Waals surface area (Å²) in [6.07, 6.45) is 0. The molecule has 0 aliphatic heterocycles. The number of nitrogens with one attached hydrogen (secondary N) is 1. The molecule has 0 aliphatic carbocycles. The molecular formula is C19H19N3OS3. The molecule has 0 saturated heterocycles. The maximum atomic E-state index is 12.3. The van der Waals surface area contributed by atoms with Crippen LogP contribution in [0.15, 0.2) is 65.0 Å². The third kappa shape index (κ3) is 5.33. The number of hydrogen-bond acceptors (Lipinski definition) is 6. The van der Waals surface area contributed by atoms with Gasteiger partial charge in [0.15, 0.2) is 4.34 Å². The largest absolute Gasteiger partial charge is 0.300 e. The summed E-state index contributed by atoms with van der Waals surface area (Å²) < 4.78 is 0.877. The number of rotatable bonds is 8. The van der Waals surface area contributed by atoms with Crippen LogP contribution in [-0.2, 0) is 4.79 Å². The molecule has 0 unspecified atom stereocenters. The molecule has 0 spiro atoms. The molecule has 1 amide bonds. The highest BCUT2D eigenvalue weighted by Gasteiger charge is 2.17. The number of anilines is 1. The molecule has 0 fully saturated rings. The van der Waals surface area contributed by atoms with Gasteiger partial charge in [-0.2, -0.15) is 0 Å². The number of amides is 1. The van der Waals surface area contributed by atoms with Crippen LogP contribution in [-0.4, -0.2) is 27.6 Å². The summed E-state index contributed by atoms with van der Waals surface area (Å²) in [4.78, 5) is 12.3. The average Bonchev–Trinajstić information content (AvgIpc) is 3.11. The summed E-state index contributed by atoms with van der Waals surface area (Å²) in [5, 5.41) is 11.6. The Morgan fingerprint density at radius 2 is 1.65 bits per heavy atom. The van der Waals surface area contributed by atoms with E-state index in [2.05, 4.69) is 46.7 Å². The van der Waals surface area contributed by atoms with Crippen LogP contribution in [0, 0.1) is 0 Å². The summed E-state index contributed by atoms with van der Waals surface area (Å²) in [7, 11) is 0. The standard InChI is InChI=1S/C19H19N3OS3/c1-2-24-19-22-21-18(26-19)20-16(23)13-25-17(14-9-5-3-6-10-14)15-11-7-4-8-12-15/h3-12,17H,2,13H2,1H3,(H,20,21,23). The van der Waals surface area contributed by atoms with Crippen LogP contribution in [0.3, 0.4) is 0 Å². The highest BCUT2D eigenvalue weighted by atomic mass is 32.2. The molecule has 134 valence electrons. The van der Waals surface area contributed by atoms with Crippen molar-refractivity contribution < 1.29 is 4.79 Å². The van der Waals surface area contributed by atoms with E-state index in [1.165, 1.54) is 22.5 Å². The van der Waals surface area contributed by atoms with E-state index in [0.29, 0.717) is 10.9 Å². The van der Waals surface area contributed by atoms with Crippen molar-refractivity contribution in [3.63, 3.8) is 0 Å². The lowest BCUT2D eigenvalue weighted by Gasteiger charge is -2.17. The predicted molar refractivity (Wildman–Crippen MR) is 112 cm³/mol. The van der Waals surface area contributed by atoms with Crippen LogP contribution in [0.4, 0.5) is 5.13 Å². The molecule has 3 rings (SSSR count). The molecule has 3 aromatic rings. The Labute approximate surface area is 165 Å². The molecule has 26 heavy (non-hydrogen) atoms. The van der Waals surface area contributed by atoms with Gasteiger partial charge in [0.05, 0.1) is 11.0 Å². The number of nitrogens with zero attached hydrogens (tertiary/aromatic N) is 2. The van der Waals surface area contributed by atoms with Gasteiger partial charge in [0, 0.05) is 0 Å². The fourth-order valence-electron chi connectivity index (χ4n) is 2.40. The van der Waals surface area contributed by atoms with Crippen LogP contribution >= 0.6 is 34.9 Å². The van der Waals surface area contributed by atoms with Crippen molar-refractivity contribution in [2.45, 2.75) is 16.5 Å². The first kappa shape index (κ1) is 18.9. The third-order valence-corrected chi connectivity index (χ3v) is 6.67. The van der Waals surface area contributed by atoms with E-state index in [1.807, 2.05) is 36.4 Å². The Kier molecular flexibility index (Phi) is 7.11. The van der Waals surface area contributed by atoms with E-state index in [-0.39, 0.29) is 11.2 Å². The van der Waals surface area contributed by atoms with Crippen LogP contribution in [0.1, 0.15) is 23.3 Å². The van der Waals surface area contributed by atoms with Crippen LogP contribution < -0.4 is 5.32 Å². The van der Waals surface area contributed by atoms with Crippen LogP contribution in [0.2, 0.25) is 0 Å². The molecule has 7 heteroatoms. The molecule has 1 aromatic heterocycles. The van der Waals surface area contributed by atoms with Gasteiger partial charge in [-0.1, -0.05) is 90.7 Å². The van der Waals surface area contributed by atoms with Gasteiger partial charge in [0.25, 0.3) is 0 Å². The molecule has 2 aromatic carbocycles. The first-order chi connectivity index (χ1) is 12.8. The lowest BCUT2D eigenvalue weighted by atomic mass is 10.0. The first-order valence-electron chi connectivity index (χ1n) is 8.24. The van der Waals surface area contributed by atoms with E-state index in [4.69, 9.17) is 0 Å². The van der Waals surface area contributed by atoms with Crippen molar-refractivity contribution in [1.82, 2.24) is 10.2 Å². The zero-order valence-electron chi connectivity index (χ0n) is 14.3. The smallest absolute Gasteiger partial charge is 0.236 e. The molecule has 0 saturated carbocycles. The molecule has 0 atom stereocenters. The van der Waals surface area contributed by atoms with Crippen LogP contribution in [0.5, 0.6) is 0 Å². The summed E-state index contributed by atoms with van der Waals surface area (Å²) in [6.45, 7) is 2.06. The van der Waals surface area contributed by atoms with Crippen molar-refractivity contribution in [3.8, 4) is 0 Å². The molecule has 0 aliphatic rings. The van der Waals surface area contributed by atoms with Crippen molar-refractivity contribution in [2.24, 2.45) is 0 Å². The fourth-order valence-corrected chi connectivity index (χ4v) is 5.15. The van der Waals surface area contributed by atoms with Gasteiger partial charge in [-0.15, -0.1) is 22.0 Å². The summed E-state index contributed by atoms with van der Waals surface area (Å²) >= 11 is 4.65. The Balaban J connectivity index is 1.64. The molecule has 1 heterocycles. The second kappa shape index (κ2) is 9.75. The Morgan fingerprint density at radius 3 is 2.23 bits per heavy atom. The van der Waals surface area contributed by atoms with Gasteiger partial charge >= 0.3 is 0 Å². The minimum absolute atomic E-state index is 0.0592. The predicted octanol–water partition coefficient (Wildman–Crippen LogP) is 5.11. The van der Waals surface area contributed by atoms with Crippen molar-refractivity contribution in [3.05, 3.63) is 71.8 Å². The highest BCUT2D eigenvalue weighted by molar-refractivity contribution is 8.01. The minimum atomic E-state index is -0.0592. The van der Waals surface area contributed by atoms with E-state index in [0.717, 1.165) is 10.1 Å². The number of benzene rings is 2. The topological polar surface area (TPSA) is 54.9 Å². The fraction of sp³-hybridized carbons (Fsp3) is 0.211. The van der Waals surface area contributed by atoms with Crippen LogP contribution in [0.25, 0.3) is 0 Å². The second-order valence-electron chi connectivity index (χ2n) is 5.37. The maximum absolute atomic E-state index is 12.3. The van der Waals surface area contributed by atoms with Crippen molar-refractivity contribution in [1.29, 1.82) is 0 Å². The normalized spacial score (nSPS) is 10.8. The number of hydrogen-bond donors (Lipinski definition) is 1. The Bertz CT molecular complexity index is 785. The lowest BCUT2D eigenvalue weighted by molar-refractivity contribution is -0.113. The molecule has 4 nitrogen and oxygen atoms in total. The van der Waals surface area contributed by atoms with Gasteiger partial charge in [-0.3, -0.25) is 10.1 Å². The van der Waals surface area contributed by atoms with E-state index >= 15 is 0 Å². The summed E-state index contributed by atoms with van der Waals surface area (Å²) in [5.41, 5.74) is 2.38. The third-order valence-electron chi connectivity index (χ3n) is 3.51. The minimum Gasteiger partial charge on any atom is -0.300 e. The van der Waals surface area contributed by atoms with Gasteiger partial charge in [-0.25, -0.2) is 0 Å². The van der Waals surface area contributed by atoms with Gasteiger partial charge in [0.2, 0.25) is 11.0 Å². The average molecular weight is 402 g/mol. The lowest BCUT2D eigenvalue weighted by Crippen LogP contribution is -2.15. The van der Waals surface area contributed by atoms with Crippen molar-refractivity contribution in [2.75, 3.05) is 16.8 Å². The highest BCUT2D eigenvalue weighted by Crippen LogP contribution is 2.35. The zero-order chi connectivity index (χ0) is 18.2. The van der Waals surface area contributed by atoms with Crippen molar-refractivity contribution >= 4 is 45.9 Å². The molecule has 1 N–H and O–H groups in total. The number of carbonyl (C=O) groups is 1. The van der Waals surface area contributed by atoms with E-state index < -0.39 is 0 Å². The summed E-state index contributed by atoms with van der Waals surface area (Å²) in [5.74, 6) is 1.23. The quantitative estimate of drug-likeness (QED) is 0.420. The SMILES string of the molecule is CCSc1nnc(NC(=O)CSC(c2ccccc2)c2ccccc2)s1. The zero-order valence-corrected chi connectivity index (χ0v) is 16.7. The van der Waals surface area contributed by atoms with E-state index in [9.17, 15) is 4.79 Å². The molecular weight excluding hydrogens is 382 g/mol. The second-order valence-corrected chi connectivity index (χ2v) is 8.95. The molecule has 0 radical (unpaired) electrons. The molecule has 0 bridgehead atoms. The van der Waals surface area contributed by atoms with Gasteiger partial charge in [0.1, 0.15) is 0 Å². The number of aromatic nitrogens is 2. The first-order valence-corrected chi connectivity index (χ1v) is 11.1. The van der Waals surface area contributed by atoms with Gasteiger partial charge < -0.3 is 0 Å². The maximum Gasteiger partial charge on any atom is 0.236 e. The monoisotopic (exact) mass is 401 g/mol. The Morgan fingerprint density at radius 1 is 1.04 bits per heavy atom. The number of carbonyl (C=O) groups excluding carboxylic acids is 1. The summed E-state index contributed by atoms with van der Waals surface area (Å²) in [6, 6.07) is 20.5. The number of thioether (sulfide) groups is 2. The van der Waals surface area contributed by atoms with Gasteiger partial charge in [-0.05, 0) is 16.9 Å². The Hall–Kier alpha value is -1.83.